The van der Waals surface area contributed by atoms with E-state index in [4.69, 9.17) is 0 Å². The largest absolute Gasteiger partial charge is 0.507 e. The van der Waals surface area contributed by atoms with Crippen molar-refractivity contribution >= 4 is 22.6 Å². The Hall–Kier alpha value is -4.60. The lowest BCUT2D eigenvalue weighted by Crippen LogP contribution is -2.54. The lowest BCUT2D eigenvalue weighted by molar-refractivity contribution is -0.126. The molecule has 0 spiro atoms. The molecule has 0 aliphatic carbocycles. The predicted octanol–water partition coefficient (Wildman–Crippen LogP) is 5.90. The van der Waals surface area contributed by atoms with E-state index < -0.39 is 34.3 Å². The first kappa shape index (κ1) is 29.9. The van der Waals surface area contributed by atoms with Gasteiger partial charge in [-0.25, -0.2) is 13.6 Å². The molecule has 0 saturated carbocycles. The molecule has 2 aromatic carbocycles. The van der Waals surface area contributed by atoms with Crippen molar-refractivity contribution in [1.82, 2.24) is 19.4 Å². The van der Waals surface area contributed by atoms with Gasteiger partial charge < -0.3 is 14.9 Å². The Balaban J connectivity index is 1.87. The summed E-state index contributed by atoms with van der Waals surface area (Å²) in [5, 5.41) is 10.8. The van der Waals surface area contributed by atoms with Gasteiger partial charge in [0.15, 0.2) is 5.82 Å². The van der Waals surface area contributed by atoms with Crippen molar-refractivity contribution in [3.05, 3.63) is 88.5 Å². The number of anilines is 1. The van der Waals surface area contributed by atoms with Crippen molar-refractivity contribution in [2.24, 2.45) is 0 Å². The number of amides is 1. The van der Waals surface area contributed by atoms with Gasteiger partial charge in [0.25, 0.3) is 0 Å². The number of benzene rings is 2. The van der Waals surface area contributed by atoms with E-state index in [1.807, 2.05) is 57.7 Å². The summed E-state index contributed by atoms with van der Waals surface area (Å²) in [7, 11) is 0. The molecule has 43 heavy (non-hydrogen) atoms. The summed E-state index contributed by atoms with van der Waals surface area (Å²) in [4.78, 5) is 38.7. The van der Waals surface area contributed by atoms with Crippen molar-refractivity contribution < 1.29 is 18.7 Å². The number of hydrogen-bond acceptors (Lipinski definition) is 6. The number of rotatable bonds is 6. The normalized spacial score (nSPS) is 15.5. The molecule has 1 atom stereocenters. The van der Waals surface area contributed by atoms with Crippen molar-refractivity contribution in [3.8, 4) is 22.7 Å². The van der Waals surface area contributed by atoms with Gasteiger partial charge >= 0.3 is 5.69 Å². The molecular weight excluding hydrogens is 552 g/mol. The van der Waals surface area contributed by atoms with Crippen LogP contribution in [0.15, 0.2) is 60.0 Å². The number of hydrogen-bond donors (Lipinski definition) is 1. The number of carbonyl (C=O) groups is 1. The Kier molecular flexibility index (Phi) is 8.05. The molecule has 0 bridgehead atoms. The fourth-order valence-electron chi connectivity index (χ4n) is 5.88. The minimum absolute atomic E-state index is 0.0224. The number of piperazine rings is 1. The van der Waals surface area contributed by atoms with Crippen LogP contribution in [-0.4, -0.2) is 56.1 Å². The van der Waals surface area contributed by atoms with Crippen LogP contribution in [0.3, 0.4) is 0 Å². The summed E-state index contributed by atoms with van der Waals surface area (Å²) in [5.41, 5.74) is 0.518. The minimum Gasteiger partial charge on any atom is -0.507 e. The fourth-order valence-corrected chi connectivity index (χ4v) is 5.88. The number of para-hydroxylation sites is 1. The van der Waals surface area contributed by atoms with Crippen molar-refractivity contribution in [1.29, 1.82) is 0 Å². The number of nitrogens with zero attached hydrogens (tertiary/aromatic N) is 5. The van der Waals surface area contributed by atoms with Gasteiger partial charge in [0.05, 0.1) is 16.6 Å². The maximum Gasteiger partial charge on any atom is 0.354 e. The fraction of sp³-hybridized carbons (Fsp3) is 0.333. The molecule has 3 heterocycles. The number of fused-ring (bicyclic) bond motifs is 1. The summed E-state index contributed by atoms with van der Waals surface area (Å²) in [6.07, 6.45) is 2.63. The molecule has 1 amide bonds. The van der Waals surface area contributed by atoms with E-state index in [1.165, 1.54) is 29.0 Å². The second-order valence-electron chi connectivity index (χ2n) is 11.5. The minimum atomic E-state index is -0.958. The number of aromatic nitrogens is 3. The smallest absolute Gasteiger partial charge is 0.354 e. The van der Waals surface area contributed by atoms with Gasteiger partial charge in [0.2, 0.25) is 5.91 Å². The molecule has 2 aromatic heterocycles. The first-order valence-electron chi connectivity index (χ1n) is 14.4. The average Bonchev–Trinajstić information content (AvgIpc) is 2.97. The van der Waals surface area contributed by atoms with E-state index in [-0.39, 0.29) is 40.5 Å². The van der Waals surface area contributed by atoms with Crippen LogP contribution in [0.1, 0.15) is 57.6 Å². The molecule has 8 nitrogen and oxygen atoms in total. The summed E-state index contributed by atoms with van der Waals surface area (Å²) in [6.45, 7) is 14.5. The van der Waals surface area contributed by atoms with Gasteiger partial charge in [-0.05, 0) is 48.1 Å². The van der Waals surface area contributed by atoms with Crippen LogP contribution >= 0.6 is 0 Å². The van der Waals surface area contributed by atoms with Gasteiger partial charge in [-0.1, -0.05) is 58.5 Å². The summed E-state index contributed by atoms with van der Waals surface area (Å²) < 4.78 is 33.2. The Morgan fingerprint density at radius 1 is 1.07 bits per heavy atom. The third-order valence-corrected chi connectivity index (χ3v) is 8.03. The zero-order chi connectivity index (χ0) is 31.2. The topological polar surface area (TPSA) is 91.6 Å². The molecule has 1 aliphatic heterocycles. The zero-order valence-corrected chi connectivity index (χ0v) is 24.9. The van der Waals surface area contributed by atoms with Gasteiger partial charge in [-0.15, -0.1) is 0 Å². The van der Waals surface area contributed by atoms with Crippen LogP contribution < -0.4 is 10.6 Å². The standard InChI is InChI=1S/C33H35F2N5O3/c1-7-26(42)38-14-15-39(20(6)17-38)32-23-16-36-29(27-24(34)12-9-13-25(27)41)28(35)31(23)40(33(43)37-32)30-21(18(2)3)10-8-11-22(30)19(4)5/h7-13,16,18-20,41H,1,14-15,17H2,2-6H3/t20-/m0/s1. The molecule has 1 aliphatic rings. The van der Waals surface area contributed by atoms with E-state index in [2.05, 4.69) is 16.5 Å². The summed E-state index contributed by atoms with van der Waals surface area (Å²) in [5.74, 6) is -2.31. The molecule has 0 unspecified atom stereocenters. The highest BCUT2D eigenvalue weighted by Crippen LogP contribution is 2.39. The molecule has 1 fully saturated rings. The number of pyridine rings is 1. The number of phenols is 1. The van der Waals surface area contributed by atoms with Crippen LogP contribution in [0.25, 0.3) is 27.8 Å². The van der Waals surface area contributed by atoms with Gasteiger partial charge in [0.1, 0.15) is 28.6 Å². The molecule has 5 rings (SSSR count). The second kappa shape index (κ2) is 11.6. The van der Waals surface area contributed by atoms with Crippen LogP contribution in [0.5, 0.6) is 5.75 Å². The van der Waals surface area contributed by atoms with E-state index in [0.29, 0.717) is 25.3 Å². The molecule has 1 N–H and O–H groups in total. The molecule has 4 aromatic rings. The lowest BCUT2D eigenvalue weighted by Gasteiger charge is -2.40. The molecular formula is C33H35F2N5O3. The Bertz CT molecular complexity index is 1750. The zero-order valence-electron chi connectivity index (χ0n) is 24.9. The molecule has 10 heteroatoms. The second-order valence-corrected chi connectivity index (χ2v) is 11.5. The first-order valence-corrected chi connectivity index (χ1v) is 14.4. The quantitative estimate of drug-likeness (QED) is 0.283. The van der Waals surface area contributed by atoms with Crippen molar-refractivity contribution in [2.75, 3.05) is 24.5 Å². The van der Waals surface area contributed by atoms with Crippen molar-refractivity contribution in [2.45, 2.75) is 52.5 Å². The first-order chi connectivity index (χ1) is 20.5. The maximum absolute atomic E-state index is 17.0. The van der Waals surface area contributed by atoms with E-state index in [0.717, 1.165) is 17.2 Å². The highest BCUT2D eigenvalue weighted by atomic mass is 19.1. The Labute approximate surface area is 248 Å². The highest BCUT2D eigenvalue weighted by molar-refractivity contribution is 5.94. The predicted molar refractivity (Wildman–Crippen MR) is 164 cm³/mol. The van der Waals surface area contributed by atoms with Crippen LogP contribution in [0, 0.1) is 11.6 Å². The van der Waals surface area contributed by atoms with Crippen molar-refractivity contribution in [3.63, 3.8) is 0 Å². The average molecular weight is 588 g/mol. The SMILES string of the molecule is C=CC(=O)N1CCN(c2nc(=O)n(-c3c(C(C)C)cccc3C(C)C)c3c(F)c(-c4c(O)cccc4F)ncc23)[C@@H](C)C1. The molecule has 1 saturated heterocycles. The maximum atomic E-state index is 17.0. The van der Waals surface area contributed by atoms with Crippen LogP contribution in [-0.2, 0) is 4.79 Å². The number of aromatic hydroxyl groups is 1. The molecule has 224 valence electrons. The lowest BCUT2D eigenvalue weighted by atomic mass is 9.92. The third kappa shape index (κ3) is 5.15. The highest BCUT2D eigenvalue weighted by Gasteiger charge is 2.32. The third-order valence-electron chi connectivity index (χ3n) is 8.03. The van der Waals surface area contributed by atoms with E-state index in [9.17, 15) is 14.7 Å². The van der Waals surface area contributed by atoms with Gasteiger partial charge in [0, 0.05) is 31.9 Å². The van der Waals surface area contributed by atoms with Crippen LogP contribution in [0.4, 0.5) is 14.6 Å². The van der Waals surface area contributed by atoms with Gasteiger partial charge in [-0.3, -0.25) is 14.3 Å². The summed E-state index contributed by atoms with van der Waals surface area (Å²) in [6, 6.07) is 9.13. The van der Waals surface area contributed by atoms with Crippen LogP contribution in [0.2, 0.25) is 0 Å². The Morgan fingerprint density at radius 3 is 2.30 bits per heavy atom. The number of carbonyl (C=O) groups excluding carboxylic acids is 1. The molecule has 0 radical (unpaired) electrons. The van der Waals surface area contributed by atoms with Gasteiger partial charge in [-0.2, -0.15) is 4.98 Å². The van der Waals surface area contributed by atoms with E-state index in [1.54, 1.807) is 4.90 Å². The Morgan fingerprint density at radius 2 is 1.72 bits per heavy atom. The summed E-state index contributed by atoms with van der Waals surface area (Å²) >= 11 is 0. The number of halogens is 2. The monoisotopic (exact) mass is 587 g/mol. The van der Waals surface area contributed by atoms with E-state index >= 15 is 8.78 Å². The number of phenolic OH excluding ortho intramolecular Hbond substituents is 1.